The first-order valence-corrected chi connectivity index (χ1v) is 7.93. The first-order valence-electron chi connectivity index (χ1n) is 7.93. The van der Waals surface area contributed by atoms with Crippen molar-refractivity contribution in [3.8, 4) is 0 Å². The van der Waals surface area contributed by atoms with Crippen LogP contribution in [0.2, 0.25) is 0 Å². The molecular weight excluding hydrogens is 268 g/mol. The minimum Gasteiger partial charge on any atom is -0.444 e. The standard InChI is InChI=1S/C16H32N2O3/c1-11(2)14(19)8-12-7-13(10-18(6)9-12)17-15(20)21-16(3,4)5/h11-14,19H,7-10H2,1-6H3,(H,17,20). The lowest BCUT2D eigenvalue weighted by Gasteiger charge is -2.37. The first kappa shape index (κ1) is 18.2. The highest BCUT2D eigenvalue weighted by atomic mass is 16.6. The van der Waals surface area contributed by atoms with Crippen molar-refractivity contribution in [1.29, 1.82) is 0 Å². The van der Waals surface area contributed by atoms with Gasteiger partial charge in [-0.1, -0.05) is 13.8 Å². The number of nitrogens with one attached hydrogen (secondary N) is 1. The Kier molecular flexibility index (Phi) is 6.47. The molecule has 0 aromatic rings. The van der Waals surface area contributed by atoms with E-state index in [0.717, 1.165) is 25.9 Å². The van der Waals surface area contributed by atoms with Crippen LogP contribution in [-0.4, -0.2) is 54.0 Å². The summed E-state index contributed by atoms with van der Waals surface area (Å²) in [5.74, 6) is 0.676. The summed E-state index contributed by atoms with van der Waals surface area (Å²) in [5, 5.41) is 13.0. The molecule has 0 aromatic heterocycles. The number of aliphatic hydroxyl groups excluding tert-OH is 1. The summed E-state index contributed by atoms with van der Waals surface area (Å²) in [6.07, 6.45) is 1.05. The van der Waals surface area contributed by atoms with Crippen molar-refractivity contribution in [3.63, 3.8) is 0 Å². The van der Waals surface area contributed by atoms with Crippen molar-refractivity contribution in [2.24, 2.45) is 11.8 Å². The van der Waals surface area contributed by atoms with Gasteiger partial charge in [0.05, 0.1) is 6.10 Å². The molecule has 5 heteroatoms. The number of nitrogens with zero attached hydrogens (tertiary/aromatic N) is 1. The normalized spacial score (nSPS) is 25.7. The van der Waals surface area contributed by atoms with Gasteiger partial charge in [-0.3, -0.25) is 0 Å². The zero-order chi connectivity index (χ0) is 16.2. The number of likely N-dealkylation sites (N-methyl/N-ethyl adjacent to an activating group) is 1. The molecule has 1 heterocycles. The molecule has 0 aliphatic carbocycles. The van der Waals surface area contributed by atoms with Crippen LogP contribution in [0.25, 0.3) is 0 Å². The number of hydrogen-bond donors (Lipinski definition) is 2. The number of rotatable bonds is 4. The van der Waals surface area contributed by atoms with E-state index >= 15 is 0 Å². The largest absolute Gasteiger partial charge is 0.444 e. The lowest BCUT2D eigenvalue weighted by molar-refractivity contribution is 0.0414. The third kappa shape index (κ3) is 7.14. The highest BCUT2D eigenvalue weighted by Crippen LogP contribution is 2.23. The van der Waals surface area contributed by atoms with E-state index in [4.69, 9.17) is 4.74 Å². The fourth-order valence-electron chi connectivity index (χ4n) is 2.81. The summed E-state index contributed by atoms with van der Waals surface area (Å²) in [6.45, 7) is 11.5. The third-order valence-corrected chi connectivity index (χ3v) is 3.79. The number of ether oxygens (including phenoxy) is 1. The Balaban J connectivity index is 2.50. The van der Waals surface area contributed by atoms with E-state index in [9.17, 15) is 9.90 Å². The van der Waals surface area contributed by atoms with E-state index < -0.39 is 5.60 Å². The molecular formula is C16H32N2O3. The van der Waals surface area contributed by atoms with E-state index in [-0.39, 0.29) is 24.2 Å². The van der Waals surface area contributed by atoms with E-state index in [0.29, 0.717) is 5.92 Å². The van der Waals surface area contributed by atoms with E-state index in [2.05, 4.69) is 17.3 Å². The van der Waals surface area contributed by atoms with Crippen LogP contribution in [0.3, 0.4) is 0 Å². The fourth-order valence-corrected chi connectivity index (χ4v) is 2.81. The summed E-state index contributed by atoms with van der Waals surface area (Å²) >= 11 is 0. The molecule has 3 unspecified atom stereocenters. The zero-order valence-corrected chi connectivity index (χ0v) is 14.3. The van der Waals surface area contributed by atoms with Gasteiger partial charge in [-0.15, -0.1) is 0 Å². The van der Waals surface area contributed by atoms with Crippen LogP contribution >= 0.6 is 0 Å². The Morgan fingerprint density at radius 2 is 2.00 bits per heavy atom. The summed E-state index contributed by atoms with van der Waals surface area (Å²) in [4.78, 5) is 14.1. The molecule has 0 bridgehead atoms. The third-order valence-electron chi connectivity index (χ3n) is 3.79. The number of alkyl carbamates (subject to hydrolysis) is 1. The maximum atomic E-state index is 11.9. The van der Waals surface area contributed by atoms with Crippen LogP contribution in [-0.2, 0) is 4.74 Å². The van der Waals surface area contributed by atoms with Crippen molar-refractivity contribution in [2.75, 3.05) is 20.1 Å². The topological polar surface area (TPSA) is 61.8 Å². The number of carbonyl (C=O) groups is 1. The predicted molar refractivity (Wildman–Crippen MR) is 84.2 cm³/mol. The van der Waals surface area contributed by atoms with Crippen LogP contribution in [0.1, 0.15) is 47.5 Å². The molecule has 1 fully saturated rings. The Morgan fingerprint density at radius 1 is 1.38 bits per heavy atom. The number of amides is 1. The van der Waals surface area contributed by atoms with Gasteiger partial charge >= 0.3 is 6.09 Å². The highest BCUT2D eigenvalue weighted by Gasteiger charge is 2.29. The molecule has 0 saturated carbocycles. The van der Waals surface area contributed by atoms with Crippen LogP contribution in [0, 0.1) is 11.8 Å². The van der Waals surface area contributed by atoms with Crippen molar-refractivity contribution in [1.82, 2.24) is 10.2 Å². The molecule has 1 saturated heterocycles. The second-order valence-electron chi connectivity index (χ2n) is 7.71. The van der Waals surface area contributed by atoms with Crippen molar-refractivity contribution >= 4 is 6.09 Å². The summed E-state index contributed by atoms with van der Waals surface area (Å²) in [6, 6.07) is 0.0861. The van der Waals surface area contributed by atoms with E-state index in [1.54, 1.807) is 0 Å². The van der Waals surface area contributed by atoms with Crippen molar-refractivity contribution < 1.29 is 14.6 Å². The molecule has 0 spiro atoms. The molecule has 1 aliphatic rings. The highest BCUT2D eigenvalue weighted by molar-refractivity contribution is 5.68. The smallest absolute Gasteiger partial charge is 0.407 e. The maximum absolute atomic E-state index is 11.9. The fraction of sp³-hybridized carbons (Fsp3) is 0.938. The molecule has 21 heavy (non-hydrogen) atoms. The molecule has 0 radical (unpaired) electrons. The number of likely N-dealkylation sites (tertiary alicyclic amines) is 1. The lowest BCUT2D eigenvalue weighted by atomic mass is 9.87. The van der Waals surface area contributed by atoms with Gasteiger partial charge in [0.2, 0.25) is 0 Å². The van der Waals surface area contributed by atoms with Gasteiger partial charge in [0, 0.05) is 19.1 Å². The number of hydrogen-bond acceptors (Lipinski definition) is 4. The van der Waals surface area contributed by atoms with Gasteiger partial charge in [-0.25, -0.2) is 4.79 Å². The van der Waals surface area contributed by atoms with Gasteiger partial charge in [-0.05, 0) is 52.5 Å². The minimum absolute atomic E-state index is 0.0861. The van der Waals surface area contributed by atoms with Gasteiger partial charge < -0.3 is 20.1 Å². The molecule has 2 N–H and O–H groups in total. The summed E-state index contributed by atoms with van der Waals surface area (Å²) < 4.78 is 5.31. The number of carbonyl (C=O) groups excluding carboxylic acids is 1. The molecule has 3 atom stereocenters. The number of piperidine rings is 1. The maximum Gasteiger partial charge on any atom is 0.407 e. The van der Waals surface area contributed by atoms with Crippen LogP contribution in [0.4, 0.5) is 4.79 Å². The molecule has 1 amide bonds. The molecule has 0 aromatic carbocycles. The van der Waals surface area contributed by atoms with Crippen LogP contribution < -0.4 is 5.32 Å². The second kappa shape index (κ2) is 7.45. The Labute approximate surface area is 129 Å². The molecule has 5 nitrogen and oxygen atoms in total. The Bertz CT molecular complexity index is 339. The lowest BCUT2D eigenvalue weighted by Crippen LogP contribution is -2.51. The van der Waals surface area contributed by atoms with E-state index in [1.807, 2.05) is 34.6 Å². The molecule has 1 rings (SSSR count). The SMILES string of the molecule is CC(C)C(O)CC1CC(NC(=O)OC(C)(C)C)CN(C)C1. The number of aliphatic hydroxyl groups is 1. The van der Waals surface area contributed by atoms with Gasteiger partial charge in [0.1, 0.15) is 5.60 Å². The second-order valence-corrected chi connectivity index (χ2v) is 7.71. The van der Waals surface area contributed by atoms with Crippen molar-refractivity contribution in [3.05, 3.63) is 0 Å². The van der Waals surface area contributed by atoms with E-state index in [1.165, 1.54) is 0 Å². The summed E-state index contributed by atoms with van der Waals surface area (Å²) in [5.41, 5.74) is -0.474. The quantitative estimate of drug-likeness (QED) is 0.836. The predicted octanol–water partition coefficient (Wildman–Crippen LogP) is 2.24. The van der Waals surface area contributed by atoms with Crippen LogP contribution in [0.15, 0.2) is 0 Å². The average molecular weight is 300 g/mol. The molecule has 1 aliphatic heterocycles. The van der Waals surface area contributed by atoms with Crippen LogP contribution in [0.5, 0.6) is 0 Å². The average Bonchev–Trinajstić information content (AvgIpc) is 2.24. The monoisotopic (exact) mass is 300 g/mol. The Hall–Kier alpha value is -0.810. The first-order chi connectivity index (χ1) is 9.56. The summed E-state index contributed by atoms with van der Waals surface area (Å²) in [7, 11) is 2.05. The Morgan fingerprint density at radius 3 is 2.52 bits per heavy atom. The van der Waals surface area contributed by atoms with Gasteiger partial charge in [0.15, 0.2) is 0 Å². The zero-order valence-electron chi connectivity index (χ0n) is 14.3. The van der Waals surface area contributed by atoms with Gasteiger partial charge in [0.25, 0.3) is 0 Å². The van der Waals surface area contributed by atoms with Crippen molar-refractivity contribution in [2.45, 2.75) is 65.2 Å². The minimum atomic E-state index is -0.474. The van der Waals surface area contributed by atoms with Gasteiger partial charge in [-0.2, -0.15) is 0 Å². The molecule has 124 valence electrons.